The molecule has 1 saturated heterocycles. The van der Waals surface area contributed by atoms with Crippen molar-refractivity contribution in [1.82, 2.24) is 4.90 Å². The summed E-state index contributed by atoms with van der Waals surface area (Å²) in [6.45, 7) is 19.3. The fraction of sp³-hybridized carbons (Fsp3) is 0.737. The molecule has 0 N–H and O–H groups in total. The normalized spacial score (nSPS) is 23.6. The molecule has 11 heteroatoms. The van der Waals surface area contributed by atoms with Crippen LogP contribution in [0.4, 0.5) is 4.79 Å². The molecule has 0 aromatic carbocycles. The van der Waals surface area contributed by atoms with Crippen molar-refractivity contribution >= 4 is 47.0 Å². The predicted molar refractivity (Wildman–Crippen MR) is 119 cm³/mol. The zero-order valence-electron chi connectivity index (χ0n) is 19.0. The van der Waals surface area contributed by atoms with Crippen molar-refractivity contribution in [3.63, 3.8) is 0 Å². The minimum absolute atomic E-state index is 0. The summed E-state index contributed by atoms with van der Waals surface area (Å²) >= 11 is 5.51. The van der Waals surface area contributed by atoms with Gasteiger partial charge in [-0.15, -0.1) is 0 Å². The standard InChI is InChI=1S/C19H35NO6SSi2.Ag/c1-10-11-24-18(23)20-16(22)19(17(20)27,13(2)26-29(7,8)9)12-15(21)25-14(3)28(4,5)6;/h10,13-14,17,27H,1,11-12H2,2-9H3;/q;+1/p-1/t13?,14?,17-,19+;/m1./s1. The number of carbonyl (C=O) groups is 3. The molecule has 7 nitrogen and oxygen atoms in total. The van der Waals surface area contributed by atoms with E-state index in [4.69, 9.17) is 26.5 Å². The first kappa shape index (κ1) is 29.6. The van der Waals surface area contributed by atoms with Crippen LogP contribution in [0, 0.1) is 5.41 Å². The molecule has 176 valence electrons. The van der Waals surface area contributed by atoms with E-state index in [-0.39, 0.29) is 41.1 Å². The first-order chi connectivity index (χ1) is 13.1. The third kappa shape index (κ3) is 6.81. The molecule has 30 heavy (non-hydrogen) atoms. The van der Waals surface area contributed by atoms with Crippen LogP contribution in [0.3, 0.4) is 0 Å². The zero-order chi connectivity index (χ0) is 22.8. The molecule has 1 heterocycles. The van der Waals surface area contributed by atoms with E-state index in [1.165, 1.54) is 6.08 Å². The van der Waals surface area contributed by atoms with Crippen LogP contribution in [0.1, 0.15) is 20.3 Å². The Morgan fingerprint density at radius 2 is 1.77 bits per heavy atom. The third-order valence-electron chi connectivity index (χ3n) is 5.03. The van der Waals surface area contributed by atoms with E-state index in [0.29, 0.717) is 0 Å². The summed E-state index contributed by atoms with van der Waals surface area (Å²) in [5.41, 5.74) is -1.55. The second kappa shape index (κ2) is 11.0. The van der Waals surface area contributed by atoms with Crippen LogP contribution >= 0.6 is 0 Å². The molecule has 1 aliphatic rings. The number of likely N-dealkylation sites (tertiary alicyclic amines) is 1. The summed E-state index contributed by atoms with van der Waals surface area (Å²) in [6.07, 6.45) is -0.303. The van der Waals surface area contributed by atoms with Gasteiger partial charge in [0.2, 0.25) is 5.91 Å². The van der Waals surface area contributed by atoms with Crippen molar-refractivity contribution in [2.75, 3.05) is 6.61 Å². The summed E-state index contributed by atoms with van der Waals surface area (Å²) in [6, 6.07) is 0. The van der Waals surface area contributed by atoms with Crippen LogP contribution in [0.5, 0.6) is 0 Å². The largest absolute Gasteiger partial charge is 1.00 e. The minimum atomic E-state index is -2.05. The molecule has 1 aliphatic heterocycles. The van der Waals surface area contributed by atoms with Crippen LogP contribution in [-0.2, 0) is 58.5 Å². The van der Waals surface area contributed by atoms with E-state index in [2.05, 4.69) is 26.2 Å². The summed E-state index contributed by atoms with van der Waals surface area (Å²) in [5, 5.41) is -0.964. The molecule has 0 aliphatic carbocycles. The first-order valence-corrected chi connectivity index (χ1v) is 17.2. The first-order valence-electron chi connectivity index (χ1n) is 9.72. The van der Waals surface area contributed by atoms with Crippen LogP contribution in [0.15, 0.2) is 12.7 Å². The molecule has 0 aromatic rings. The zero-order valence-corrected chi connectivity index (χ0v) is 23.3. The molecule has 0 radical (unpaired) electrons. The molecule has 1 fully saturated rings. The number of ether oxygens (including phenoxy) is 2. The molecular weight excluding hydrogens is 534 g/mol. The number of carbonyl (C=O) groups excluding carboxylic acids is 3. The van der Waals surface area contributed by atoms with Crippen molar-refractivity contribution in [2.45, 2.75) is 76.8 Å². The number of hydrogen-bond donors (Lipinski definition) is 0. The van der Waals surface area contributed by atoms with Crippen LogP contribution < -0.4 is 0 Å². The Kier molecular flexibility index (Phi) is 10.8. The molecule has 4 atom stereocenters. The van der Waals surface area contributed by atoms with E-state index in [9.17, 15) is 14.4 Å². The maximum Gasteiger partial charge on any atom is 1.00 e. The van der Waals surface area contributed by atoms with Gasteiger partial charge in [-0.25, -0.2) is 4.79 Å². The predicted octanol–water partition coefficient (Wildman–Crippen LogP) is 3.45. The summed E-state index contributed by atoms with van der Waals surface area (Å²) in [5.74, 6) is -1.07. The number of amides is 2. The Morgan fingerprint density at radius 3 is 2.17 bits per heavy atom. The average molecular weight is 569 g/mol. The second-order valence-corrected chi connectivity index (χ2v) is 19.9. The van der Waals surface area contributed by atoms with E-state index < -0.39 is 51.3 Å². The van der Waals surface area contributed by atoms with E-state index in [1.54, 1.807) is 6.92 Å². The molecule has 0 bridgehead atoms. The van der Waals surface area contributed by atoms with Gasteiger partial charge in [-0.3, -0.25) is 14.5 Å². The van der Waals surface area contributed by atoms with Gasteiger partial charge in [0.15, 0.2) is 8.32 Å². The summed E-state index contributed by atoms with van der Waals surface area (Å²) < 4.78 is 16.7. The van der Waals surface area contributed by atoms with Crippen molar-refractivity contribution in [1.29, 1.82) is 0 Å². The molecule has 2 amide bonds. The minimum Gasteiger partial charge on any atom is -0.766 e. The topological polar surface area (TPSA) is 82.1 Å². The molecule has 0 saturated carbocycles. The Bertz CT molecular complexity index is 666. The van der Waals surface area contributed by atoms with E-state index in [1.807, 2.05) is 26.6 Å². The maximum absolute atomic E-state index is 13.1. The van der Waals surface area contributed by atoms with Crippen LogP contribution in [0.2, 0.25) is 39.3 Å². The second-order valence-electron chi connectivity index (χ2n) is 9.48. The average Bonchev–Trinajstić information content (AvgIpc) is 2.55. The van der Waals surface area contributed by atoms with Gasteiger partial charge in [-0.2, -0.15) is 0 Å². The fourth-order valence-electron chi connectivity index (χ4n) is 2.95. The Balaban J connectivity index is 0.00000841. The van der Waals surface area contributed by atoms with Gasteiger partial charge >= 0.3 is 34.4 Å². The fourth-order valence-corrected chi connectivity index (χ4v) is 5.26. The van der Waals surface area contributed by atoms with Crippen molar-refractivity contribution in [3.8, 4) is 0 Å². The Hall–Kier alpha value is -0.366. The molecule has 1 rings (SSSR count). The maximum atomic E-state index is 13.1. The monoisotopic (exact) mass is 567 g/mol. The van der Waals surface area contributed by atoms with Crippen molar-refractivity contribution in [2.24, 2.45) is 5.41 Å². The number of nitrogens with zero attached hydrogens (tertiary/aromatic N) is 1. The Morgan fingerprint density at radius 1 is 1.23 bits per heavy atom. The summed E-state index contributed by atoms with van der Waals surface area (Å²) in [7, 11) is -3.76. The number of hydrogen-bond acceptors (Lipinski definition) is 7. The van der Waals surface area contributed by atoms with Crippen molar-refractivity contribution in [3.05, 3.63) is 12.7 Å². The van der Waals surface area contributed by atoms with Gasteiger partial charge in [-0.1, -0.05) is 37.7 Å². The smallest absolute Gasteiger partial charge is 0.766 e. The van der Waals surface area contributed by atoms with E-state index in [0.717, 1.165) is 4.90 Å². The molecule has 0 aromatic heterocycles. The molecule has 2 unspecified atom stereocenters. The number of esters is 1. The SMILES string of the molecule is C=CCOC(=O)N1C(=O)[C@](CC(=O)OC(C)[Si](C)(C)C)(C(C)O[Si](C)(C)C)[C@H]1[S-].[Ag+]. The molecular formula is C19H34AgNO6SSi2. The van der Waals surface area contributed by atoms with Gasteiger partial charge in [0.1, 0.15) is 6.61 Å². The van der Waals surface area contributed by atoms with Gasteiger partial charge < -0.3 is 26.5 Å². The van der Waals surface area contributed by atoms with E-state index >= 15 is 0 Å². The third-order valence-corrected chi connectivity index (χ3v) is 9.28. The van der Waals surface area contributed by atoms with Gasteiger partial charge in [0, 0.05) is 0 Å². The quantitative estimate of drug-likeness (QED) is 0.139. The van der Waals surface area contributed by atoms with Crippen LogP contribution in [0.25, 0.3) is 0 Å². The van der Waals surface area contributed by atoms with Crippen molar-refractivity contribution < 1.29 is 50.7 Å². The number of imide groups is 1. The van der Waals surface area contributed by atoms with Crippen LogP contribution in [-0.4, -0.2) is 63.1 Å². The summed E-state index contributed by atoms with van der Waals surface area (Å²) in [4.78, 5) is 38.9. The number of β-lactam (4-membered cyclic amide) rings is 1. The van der Waals surface area contributed by atoms with Gasteiger partial charge in [0.05, 0.1) is 31.7 Å². The Labute approximate surface area is 203 Å². The van der Waals surface area contributed by atoms with Gasteiger partial charge in [0.25, 0.3) is 0 Å². The van der Waals surface area contributed by atoms with Gasteiger partial charge in [-0.05, 0) is 33.5 Å². The molecule has 0 spiro atoms. The number of rotatable bonds is 9.